The molecule has 2 aromatic heterocycles. The predicted octanol–water partition coefficient (Wildman–Crippen LogP) is 3.00. The Bertz CT molecular complexity index is 1020. The Labute approximate surface area is 162 Å². The normalized spacial score (nSPS) is 15.1. The van der Waals surface area contributed by atoms with Crippen molar-refractivity contribution in [2.45, 2.75) is 39.2 Å². The second-order valence-corrected chi connectivity index (χ2v) is 8.25. The van der Waals surface area contributed by atoms with Crippen LogP contribution in [0.2, 0.25) is 5.02 Å². The number of hydrogen-bond donors (Lipinski definition) is 0. The van der Waals surface area contributed by atoms with E-state index in [0.717, 1.165) is 5.56 Å². The van der Waals surface area contributed by atoms with Crippen LogP contribution < -0.4 is 4.90 Å². The van der Waals surface area contributed by atoms with Gasteiger partial charge in [-0.1, -0.05) is 55.8 Å². The first kappa shape index (κ1) is 17.9. The summed E-state index contributed by atoms with van der Waals surface area (Å²) in [7, 11) is 0. The molecule has 0 radical (unpaired) electrons. The van der Waals surface area contributed by atoms with E-state index in [1.807, 2.05) is 29.2 Å². The summed E-state index contributed by atoms with van der Waals surface area (Å²) in [5, 5.41) is 9.31. The van der Waals surface area contributed by atoms with Gasteiger partial charge >= 0.3 is 0 Å². The predicted molar refractivity (Wildman–Crippen MR) is 104 cm³/mol. The molecule has 7 nitrogen and oxygen atoms in total. The van der Waals surface area contributed by atoms with Crippen molar-refractivity contribution in [3.8, 4) is 0 Å². The van der Waals surface area contributed by atoms with Gasteiger partial charge in [-0.2, -0.15) is 0 Å². The summed E-state index contributed by atoms with van der Waals surface area (Å²) in [5.41, 5.74) is 1.97. The van der Waals surface area contributed by atoms with E-state index in [0.29, 0.717) is 53.9 Å². The summed E-state index contributed by atoms with van der Waals surface area (Å²) in [6, 6.07) is 7.65. The zero-order valence-corrected chi connectivity index (χ0v) is 16.4. The molecule has 8 heteroatoms. The number of carbonyl (C=O) groups excluding carboxylic acids is 1. The first-order chi connectivity index (χ1) is 12.8. The first-order valence-electron chi connectivity index (χ1n) is 8.95. The van der Waals surface area contributed by atoms with E-state index >= 15 is 0 Å². The highest BCUT2D eigenvalue weighted by atomic mass is 35.5. The molecule has 0 aliphatic carbocycles. The quantitative estimate of drug-likeness (QED) is 0.690. The maximum absolute atomic E-state index is 11.8. The molecule has 1 aromatic carbocycles. The lowest BCUT2D eigenvalue weighted by atomic mass is 9.96. The number of carbonyl (C=O) groups is 1. The molecule has 140 valence electrons. The molecular formula is C19H21ClN6O. The van der Waals surface area contributed by atoms with Crippen molar-refractivity contribution >= 4 is 34.4 Å². The Morgan fingerprint density at radius 3 is 2.63 bits per heavy atom. The molecule has 0 atom stereocenters. The number of halogens is 1. The summed E-state index contributed by atoms with van der Waals surface area (Å²) in [4.78, 5) is 23.3. The Morgan fingerprint density at radius 1 is 1.19 bits per heavy atom. The van der Waals surface area contributed by atoms with E-state index in [4.69, 9.17) is 21.6 Å². The third kappa shape index (κ3) is 3.39. The van der Waals surface area contributed by atoms with Crippen LogP contribution >= 0.6 is 11.6 Å². The Hall–Kier alpha value is -2.54. The van der Waals surface area contributed by atoms with Crippen molar-refractivity contribution in [1.82, 2.24) is 25.0 Å². The number of hydrogen-bond acceptors (Lipinski definition) is 6. The molecule has 0 N–H and O–H groups in total. The Kier molecular flexibility index (Phi) is 4.34. The zero-order valence-electron chi connectivity index (χ0n) is 15.6. The van der Waals surface area contributed by atoms with E-state index < -0.39 is 0 Å². The zero-order chi connectivity index (χ0) is 19.2. The molecule has 1 aliphatic heterocycles. The minimum absolute atomic E-state index is 0.211. The van der Waals surface area contributed by atoms with Gasteiger partial charge in [-0.15, -0.1) is 5.10 Å². The highest BCUT2D eigenvalue weighted by Gasteiger charge is 2.28. The van der Waals surface area contributed by atoms with Crippen LogP contribution in [0, 0.1) is 0 Å². The summed E-state index contributed by atoms with van der Waals surface area (Å²) in [6.45, 7) is 7.66. The molecule has 1 aliphatic rings. The van der Waals surface area contributed by atoms with Crippen molar-refractivity contribution in [2.75, 3.05) is 18.0 Å². The molecule has 1 fully saturated rings. The number of fused-ring (bicyclic) bond motifs is 1. The third-order valence-corrected chi connectivity index (χ3v) is 4.99. The number of rotatable bonds is 3. The molecule has 4 rings (SSSR count). The average Bonchev–Trinajstić information content (AvgIpc) is 3.22. The van der Waals surface area contributed by atoms with E-state index in [9.17, 15) is 4.79 Å². The maximum atomic E-state index is 11.8. The van der Waals surface area contributed by atoms with Gasteiger partial charge in [0, 0.05) is 23.4 Å². The minimum Gasteiger partial charge on any atom is -0.347 e. The van der Waals surface area contributed by atoms with Crippen LogP contribution in [0.25, 0.3) is 11.2 Å². The van der Waals surface area contributed by atoms with Gasteiger partial charge in [-0.3, -0.25) is 4.79 Å². The Balaban J connectivity index is 1.85. The minimum atomic E-state index is -0.244. The largest absolute Gasteiger partial charge is 0.347 e. The summed E-state index contributed by atoms with van der Waals surface area (Å²) in [5.74, 6) is 1.59. The second-order valence-electron chi connectivity index (χ2n) is 7.84. The number of aromatic nitrogens is 5. The Morgan fingerprint density at radius 2 is 1.96 bits per heavy atom. The van der Waals surface area contributed by atoms with Gasteiger partial charge in [-0.05, 0) is 11.6 Å². The fraction of sp³-hybridized carbons (Fsp3) is 0.421. The number of anilines is 1. The van der Waals surface area contributed by atoms with Gasteiger partial charge in [0.05, 0.1) is 13.1 Å². The van der Waals surface area contributed by atoms with Crippen molar-refractivity contribution in [3.05, 3.63) is 40.7 Å². The topological polar surface area (TPSA) is 76.8 Å². The first-order valence-corrected chi connectivity index (χ1v) is 9.32. The smallest absolute Gasteiger partial charge is 0.184 e. The van der Waals surface area contributed by atoms with E-state index in [1.165, 1.54) is 0 Å². The van der Waals surface area contributed by atoms with Crippen molar-refractivity contribution in [2.24, 2.45) is 0 Å². The third-order valence-electron chi connectivity index (χ3n) is 4.62. The lowest BCUT2D eigenvalue weighted by molar-refractivity contribution is -0.116. The van der Waals surface area contributed by atoms with Gasteiger partial charge in [0.2, 0.25) is 0 Å². The van der Waals surface area contributed by atoms with Crippen LogP contribution in [0.3, 0.4) is 0 Å². The van der Waals surface area contributed by atoms with Gasteiger partial charge < -0.3 is 4.90 Å². The summed E-state index contributed by atoms with van der Waals surface area (Å²) < 4.78 is 1.74. The fourth-order valence-corrected chi connectivity index (χ4v) is 3.30. The molecule has 0 unspecified atom stereocenters. The molecule has 27 heavy (non-hydrogen) atoms. The lowest BCUT2D eigenvalue weighted by Crippen LogP contribution is -2.24. The second kappa shape index (κ2) is 6.56. The summed E-state index contributed by atoms with van der Waals surface area (Å²) >= 11 is 6.31. The number of ketones is 1. The van der Waals surface area contributed by atoms with Crippen LogP contribution in [0.4, 0.5) is 5.82 Å². The molecule has 3 heterocycles. The van der Waals surface area contributed by atoms with Crippen LogP contribution in [0.5, 0.6) is 0 Å². The van der Waals surface area contributed by atoms with Crippen LogP contribution in [0.15, 0.2) is 24.3 Å². The summed E-state index contributed by atoms with van der Waals surface area (Å²) in [6.07, 6.45) is 0.532. The van der Waals surface area contributed by atoms with Crippen LogP contribution in [-0.2, 0) is 16.8 Å². The number of nitrogens with zero attached hydrogens (tertiary/aromatic N) is 6. The maximum Gasteiger partial charge on any atom is 0.184 e. The highest BCUT2D eigenvalue weighted by molar-refractivity contribution is 6.31. The monoisotopic (exact) mass is 384 g/mol. The molecule has 0 bridgehead atoms. The van der Waals surface area contributed by atoms with Crippen LogP contribution in [-0.4, -0.2) is 43.8 Å². The van der Waals surface area contributed by atoms with Gasteiger partial charge in [0.25, 0.3) is 0 Å². The average molecular weight is 385 g/mol. The molecule has 3 aromatic rings. The molecule has 0 amide bonds. The van der Waals surface area contributed by atoms with E-state index in [2.05, 4.69) is 31.1 Å². The van der Waals surface area contributed by atoms with E-state index in [-0.39, 0.29) is 11.2 Å². The molecule has 0 spiro atoms. The van der Waals surface area contributed by atoms with E-state index in [1.54, 1.807) is 4.68 Å². The number of Topliss-reactive ketones (excluding diaryl/α,β-unsaturated/α-hetero) is 1. The standard InChI is InChI=1S/C19H21ClN6O/c1-19(2,3)18-21-16(25-9-8-13(27)11-25)15-17(22-18)26(24-23-15)10-12-6-4-5-7-14(12)20/h4-7H,8-11H2,1-3H3. The molecular weight excluding hydrogens is 364 g/mol. The number of benzene rings is 1. The highest BCUT2D eigenvalue weighted by Crippen LogP contribution is 2.29. The van der Waals surface area contributed by atoms with Crippen molar-refractivity contribution < 1.29 is 4.79 Å². The molecule has 0 saturated carbocycles. The SMILES string of the molecule is CC(C)(C)c1nc(N2CCC(=O)C2)c2nnn(Cc3ccccc3Cl)c2n1. The molecule has 1 saturated heterocycles. The van der Waals surface area contributed by atoms with Crippen molar-refractivity contribution in [1.29, 1.82) is 0 Å². The van der Waals surface area contributed by atoms with Crippen molar-refractivity contribution in [3.63, 3.8) is 0 Å². The lowest BCUT2D eigenvalue weighted by Gasteiger charge is -2.21. The van der Waals surface area contributed by atoms with Gasteiger partial charge in [0.15, 0.2) is 22.8 Å². The van der Waals surface area contributed by atoms with Gasteiger partial charge in [-0.25, -0.2) is 14.6 Å². The fourth-order valence-electron chi connectivity index (χ4n) is 3.10. The van der Waals surface area contributed by atoms with Gasteiger partial charge in [0.1, 0.15) is 5.82 Å². The van der Waals surface area contributed by atoms with Crippen LogP contribution in [0.1, 0.15) is 38.6 Å².